The van der Waals surface area contributed by atoms with E-state index in [1.165, 1.54) is 37.0 Å². The molecule has 2 amide bonds. The summed E-state index contributed by atoms with van der Waals surface area (Å²) in [4.78, 5) is 28.2. The van der Waals surface area contributed by atoms with Gasteiger partial charge in [0.2, 0.25) is 5.91 Å². The van der Waals surface area contributed by atoms with Crippen molar-refractivity contribution in [3.05, 3.63) is 29.8 Å². The normalized spacial score (nSPS) is 15.4. The lowest BCUT2D eigenvalue weighted by atomic mass is 9.94. The molecule has 1 aliphatic carbocycles. The van der Waals surface area contributed by atoms with Crippen LogP contribution in [0.5, 0.6) is 0 Å². The number of anilines is 1. The Morgan fingerprint density at radius 3 is 2.39 bits per heavy atom. The minimum absolute atomic E-state index is 0.0539. The van der Waals surface area contributed by atoms with E-state index in [1.807, 2.05) is 24.3 Å². The minimum Gasteiger partial charge on any atom is -0.444 e. The van der Waals surface area contributed by atoms with E-state index >= 15 is 0 Å². The van der Waals surface area contributed by atoms with Crippen LogP contribution in [0.3, 0.4) is 0 Å². The third-order valence-electron chi connectivity index (χ3n) is 5.00. The van der Waals surface area contributed by atoms with Crippen molar-refractivity contribution in [1.29, 1.82) is 0 Å². The molecule has 1 fully saturated rings. The van der Waals surface area contributed by atoms with Crippen molar-refractivity contribution in [3.8, 4) is 0 Å². The molecule has 0 spiro atoms. The number of likely N-dealkylation sites (N-methyl/N-ethyl adjacent to an activating group) is 1. The number of nitrogens with one attached hydrogen (secondary N) is 1. The Hall–Kier alpha value is -2.08. The predicted molar refractivity (Wildman–Crippen MR) is 112 cm³/mol. The Morgan fingerprint density at radius 1 is 1.11 bits per heavy atom. The van der Waals surface area contributed by atoms with Gasteiger partial charge in [0.25, 0.3) is 0 Å². The van der Waals surface area contributed by atoms with Crippen molar-refractivity contribution < 1.29 is 14.3 Å². The fourth-order valence-corrected chi connectivity index (χ4v) is 3.51. The Balaban J connectivity index is 1.94. The highest BCUT2D eigenvalue weighted by Gasteiger charge is 2.22. The van der Waals surface area contributed by atoms with Crippen LogP contribution in [-0.4, -0.2) is 54.1 Å². The molecule has 1 N–H and O–H groups in total. The van der Waals surface area contributed by atoms with Gasteiger partial charge in [-0.25, -0.2) is 4.79 Å². The third kappa shape index (κ3) is 7.15. The summed E-state index contributed by atoms with van der Waals surface area (Å²) in [6.45, 7) is 6.15. The quantitative estimate of drug-likeness (QED) is 0.790. The van der Waals surface area contributed by atoms with Gasteiger partial charge in [-0.1, -0.05) is 37.5 Å². The number of nitrogens with zero attached hydrogens (tertiary/aromatic N) is 2. The molecule has 2 rings (SSSR count). The zero-order chi connectivity index (χ0) is 20.7. The molecular formula is C22H35N3O3. The van der Waals surface area contributed by atoms with E-state index in [4.69, 9.17) is 4.74 Å². The first kappa shape index (κ1) is 22.2. The lowest BCUT2D eigenvalue weighted by Crippen LogP contribution is -2.39. The largest absolute Gasteiger partial charge is 0.444 e. The van der Waals surface area contributed by atoms with Gasteiger partial charge in [0.1, 0.15) is 12.1 Å². The fourth-order valence-electron chi connectivity index (χ4n) is 3.51. The molecule has 1 aromatic carbocycles. The maximum Gasteiger partial charge on any atom is 0.410 e. The van der Waals surface area contributed by atoms with E-state index in [2.05, 4.69) is 17.3 Å². The molecule has 1 aliphatic rings. The smallest absolute Gasteiger partial charge is 0.410 e. The van der Waals surface area contributed by atoms with Crippen molar-refractivity contribution in [3.63, 3.8) is 0 Å². The molecule has 28 heavy (non-hydrogen) atoms. The number of ether oxygens (including phenoxy) is 1. The van der Waals surface area contributed by atoms with Gasteiger partial charge >= 0.3 is 6.09 Å². The van der Waals surface area contributed by atoms with E-state index in [-0.39, 0.29) is 12.5 Å². The monoisotopic (exact) mass is 389 g/mol. The lowest BCUT2D eigenvalue weighted by molar-refractivity contribution is -0.117. The standard InChI is InChI=1S/C22H35N3O3/c1-22(2,3)28-21(27)25(5)16-20(26)23-19-14-10-9-11-17(19)15-24(4)18-12-7-6-8-13-18/h9-11,14,18H,6-8,12-13,15-16H2,1-5H3,(H,23,26). The molecule has 0 heterocycles. The maximum absolute atomic E-state index is 12.5. The molecule has 0 bridgehead atoms. The summed E-state index contributed by atoms with van der Waals surface area (Å²) in [5, 5.41) is 2.95. The first-order chi connectivity index (χ1) is 13.2. The summed E-state index contributed by atoms with van der Waals surface area (Å²) in [5.74, 6) is -0.235. The number of amides is 2. The maximum atomic E-state index is 12.5. The molecule has 6 heteroatoms. The molecule has 0 atom stereocenters. The molecule has 6 nitrogen and oxygen atoms in total. The van der Waals surface area contributed by atoms with Gasteiger partial charge in [-0.15, -0.1) is 0 Å². The zero-order valence-electron chi connectivity index (χ0n) is 18.0. The number of rotatable bonds is 6. The number of para-hydroxylation sites is 1. The number of hydrogen-bond donors (Lipinski definition) is 1. The zero-order valence-corrected chi connectivity index (χ0v) is 18.0. The second-order valence-corrected chi connectivity index (χ2v) is 8.75. The van der Waals surface area contributed by atoms with Crippen LogP contribution in [0, 0.1) is 0 Å². The van der Waals surface area contributed by atoms with Crippen LogP contribution < -0.4 is 5.32 Å². The average molecular weight is 390 g/mol. The van der Waals surface area contributed by atoms with Gasteiger partial charge in [-0.2, -0.15) is 0 Å². The minimum atomic E-state index is -0.585. The first-order valence-corrected chi connectivity index (χ1v) is 10.2. The molecular weight excluding hydrogens is 354 g/mol. The first-order valence-electron chi connectivity index (χ1n) is 10.2. The van der Waals surface area contributed by atoms with Crippen molar-refractivity contribution >= 4 is 17.7 Å². The molecule has 156 valence electrons. The highest BCUT2D eigenvalue weighted by atomic mass is 16.6. The van der Waals surface area contributed by atoms with Gasteiger partial charge < -0.3 is 15.0 Å². The van der Waals surface area contributed by atoms with Crippen LogP contribution in [0.1, 0.15) is 58.4 Å². The molecule has 0 aliphatic heterocycles. The average Bonchev–Trinajstić information content (AvgIpc) is 2.62. The van der Waals surface area contributed by atoms with Crippen molar-refractivity contribution in [1.82, 2.24) is 9.80 Å². The molecule has 0 radical (unpaired) electrons. The predicted octanol–water partition coefficient (Wildman–Crippen LogP) is 4.26. The number of benzene rings is 1. The van der Waals surface area contributed by atoms with Crippen molar-refractivity contribution in [2.75, 3.05) is 26.0 Å². The van der Waals surface area contributed by atoms with Crippen molar-refractivity contribution in [2.45, 2.75) is 71.1 Å². The van der Waals surface area contributed by atoms with E-state index in [0.717, 1.165) is 17.8 Å². The van der Waals surface area contributed by atoms with E-state index in [1.54, 1.807) is 27.8 Å². The van der Waals surface area contributed by atoms with E-state index in [0.29, 0.717) is 6.04 Å². The van der Waals surface area contributed by atoms with E-state index < -0.39 is 11.7 Å². The molecule has 0 saturated heterocycles. The molecule has 1 saturated carbocycles. The second-order valence-electron chi connectivity index (χ2n) is 8.75. The Labute approximate surface area is 169 Å². The van der Waals surface area contributed by atoms with Crippen molar-refractivity contribution in [2.24, 2.45) is 0 Å². The van der Waals surface area contributed by atoms with Gasteiger partial charge in [0.05, 0.1) is 0 Å². The van der Waals surface area contributed by atoms with Crippen LogP contribution in [0.25, 0.3) is 0 Å². The molecule has 0 unspecified atom stereocenters. The lowest BCUT2D eigenvalue weighted by Gasteiger charge is -2.31. The molecule has 0 aromatic heterocycles. The third-order valence-corrected chi connectivity index (χ3v) is 5.00. The van der Waals surface area contributed by atoms with Gasteiger partial charge in [-0.3, -0.25) is 9.69 Å². The Bertz CT molecular complexity index is 663. The van der Waals surface area contributed by atoms with Crippen LogP contribution in [0.2, 0.25) is 0 Å². The van der Waals surface area contributed by atoms with Crippen LogP contribution >= 0.6 is 0 Å². The second kappa shape index (κ2) is 9.92. The number of carbonyl (C=O) groups is 2. The fraction of sp³-hybridized carbons (Fsp3) is 0.636. The summed E-state index contributed by atoms with van der Waals surface area (Å²) in [6, 6.07) is 8.47. The highest BCUT2D eigenvalue weighted by Crippen LogP contribution is 2.25. The van der Waals surface area contributed by atoms with Crippen LogP contribution in [-0.2, 0) is 16.1 Å². The number of carbonyl (C=O) groups excluding carboxylic acids is 2. The SMILES string of the molecule is CN(CC(=O)Nc1ccccc1CN(C)C1CCCCC1)C(=O)OC(C)(C)C. The summed E-state index contributed by atoms with van der Waals surface area (Å²) in [5.41, 5.74) is 1.30. The van der Waals surface area contributed by atoms with Crippen LogP contribution in [0.4, 0.5) is 10.5 Å². The van der Waals surface area contributed by atoms with Crippen LogP contribution in [0.15, 0.2) is 24.3 Å². The number of hydrogen-bond acceptors (Lipinski definition) is 4. The highest BCUT2D eigenvalue weighted by molar-refractivity contribution is 5.94. The Morgan fingerprint density at radius 2 is 1.75 bits per heavy atom. The summed E-state index contributed by atoms with van der Waals surface area (Å²) >= 11 is 0. The topological polar surface area (TPSA) is 61.9 Å². The van der Waals surface area contributed by atoms with Gasteiger partial charge in [0, 0.05) is 25.3 Å². The van der Waals surface area contributed by atoms with Gasteiger partial charge in [-0.05, 0) is 52.3 Å². The van der Waals surface area contributed by atoms with Gasteiger partial charge in [0.15, 0.2) is 0 Å². The Kier molecular flexibility index (Phi) is 7.87. The molecule has 1 aromatic rings. The summed E-state index contributed by atoms with van der Waals surface area (Å²) in [6.07, 6.45) is 5.90. The summed E-state index contributed by atoms with van der Waals surface area (Å²) < 4.78 is 5.29. The summed E-state index contributed by atoms with van der Waals surface area (Å²) in [7, 11) is 3.72. The van der Waals surface area contributed by atoms with E-state index in [9.17, 15) is 9.59 Å².